The number of rotatable bonds is 5. The van der Waals surface area contributed by atoms with Gasteiger partial charge in [0.25, 0.3) is 0 Å². The van der Waals surface area contributed by atoms with Gasteiger partial charge in [0.05, 0.1) is 34.8 Å². The van der Waals surface area contributed by atoms with Crippen molar-refractivity contribution in [2.24, 2.45) is 5.73 Å². The van der Waals surface area contributed by atoms with Crippen LogP contribution >= 0.6 is 15.9 Å². The number of sulfone groups is 1. The molecule has 2 N–H and O–H groups in total. The molecule has 0 unspecified atom stereocenters. The van der Waals surface area contributed by atoms with Crippen molar-refractivity contribution in [2.75, 3.05) is 6.26 Å². The fraction of sp³-hybridized carbons (Fsp3) is 0.150. The summed E-state index contributed by atoms with van der Waals surface area (Å²) in [6, 6.07) is 10.9. The number of nitrogens with zero attached hydrogens (tertiary/aromatic N) is 4. The van der Waals surface area contributed by atoms with Crippen LogP contribution in [0.5, 0.6) is 0 Å². The van der Waals surface area contributed by atoms with Crippen molar-refractivity contribution in [3.05, 3.63) is 76.5 Å². The maximum atomic E-state index is 14.3. The third kappa shape index (κ3) is 3.98. The Morgan fingerprint density at radius 3 is 2.80 bits per heavy atom. The first-order valence-corrected chi connectivity index (χ1v) is 11.6. The Balaban J connectivity index is 1.74. The summed E-state index contributed by atoms with van der Waals surface area (Å²) in [5.41, 5.74) is 8.35. The normalized spacial score (nSPS) is 12.9. The Morgan fingerprint density at radius 2 is 2.03 bits per heavy atom. The molecule has 30 heavy (non-hydrogen) atoms. The van der Waals surface area contributed by atoms with E-state index in [0.717, 1.165) is 33.8 Å². The number of benzene rings is 1. The van der Waals surface area contributed by atoms with Gasteiger partial charge in [0.1, 0.15) is 5.82 Å². The molecule has 10 heteroatoms. The van der Waals surface area contributed by atoms with Crippen LogP contribution in [0.3, 0.4) is 0 Å². The summed E-state index contributed by atoms with van der Waals surface area (Å²) in [6.45, 7) is 0. The van der Waals surface area contributed by atoms with Crippen LogP contribution in [0, 0.1) is 5.82 Å². The highest BCUT2D eigenvalue weighted by Crippen LogP contribution is 2.26. The average Bonchev–Trinajstić information content (AvgIpc) is 3.11. The van der Waals surface area contributed by atoms with E-state index in [9.17, 15) is 12.8 Å². The summed E-state index contributed by atoms with van der Waals surface area (Å²) in [5.74, 6) is -0.621. The molecule has 0 spiro atoms. The number of pyridine rings is 2. The topological polar surface area (TPSA) is 104 Å². The number of fused-ring (bicyclic) bond motifs is 1. The first kappa shape index (κ1) is 20.6. The largest absolute Gasteiger partial charge is 0.322 e. The van der Waals surface area contributed by atoms with E-state index in [1.54, 1.807) is 23.1 Å². The molecule has 1 aromatic carbocycles. The molecule has 4 aromatic rings. The van der Waals surface area contributed by atoms with Crippen LogP contribution in [0.15, 0.2) is 64.4 Å². The van der Waals surface area contributed by atoms with Crippen LogP contribution in [-0.2, 0) is 16.3 Å². The molecule has 4 rings (SSSR count). The molecule has 1 atom stereocenters. The molecule has 154 valence electrons. The van der Waals surface area contributed by atoms with Crippen LogP contribution in [0.1, 0.15) is 17.4 Å². The van der Waals surface area contributed by atoms with Crippen LogP contribution in [-0.4, -0.2) is 34.4 Å². The third-order valence-corrected chi connectivity index (χ3v) is 6.09. The van der Waals surface area contributed by atoms with E-state index in [-0.39, 0.29) is 17.1 Å². The van der Waals surface area contributed by atoms with E-state index in [2.05, 4.69) is 31.0 Å². The van der Waals surface area contributed by atoms with Crippen LogP contribution in [0.2, 0.25) is 0 Å². The molecule has 0 fully saturated rings. The lowest BCUT2D eigenvalue weighted by atomic mass is 10.1. The third-order valence-electron chi connectivity index (χ3n) is 4.61. The zero-order valence-corrected chi connectivity index (χ0v) is 18.2. The SMILES string of the molecule is CS(=O)(=O)c1ccc(F)c(C[C@H](N)c2ncccc2-n2ncc3cc(Br)ccc32)n1. The first-order chi connectivity index (χ1) is 14.2. The van der Waals surface area contributed by atoms with Crippen LogP contribution in [0.25, 0.3) is 16.6 Å². The van der Waals surface area contributed by atoms with E-state index in [1.807, 2.05) is 24.3 Å². The van der Waals surface area contributed by atoms with Crippen molar-refractivity contribution < 1.29 is 12.8 Å². The van der Waals surface area contributed by atoms with Crippen molar-refractivity contribution >= 4 is 36.7 Å². The summed E-state index contributed by atoms with van der Waals surface area (Å²) in [4.78, 5) is 8.36. The highest BCUT2D eigenvalue weighted by atomic mass is 79.9. The van der Waals surface area contributed by atoms with Crippen molar-refractivity contribution in [1.29, 1.82) is 0 Å². The Labute approximate surface area is 180 Å². The van der Waals surface area contributed by atoms with Gasteiger partial charge in [-0.2, -0.15) is 5.10 Å². The van der Waals surface area contributed by atoms with Crippen molar-refractivity contribution in [1.82, 2.24) is 19.7 Å². The van der Waals surface area contributed by atoms with Crippen LogP contribution in [0.4, 0.5) is 4.39 Å². The molecule has 0 amide bonds. The molecular formula is C20H17BrFN5O2S. The van der Waals surface area contributed by atoms with Gasteiger partial charge in [-0.25, -0.2) is 22.5 Å². The Morgan fingerprint density at radius 1 is 1.23 bits per heavy atom. The zero-order chi connectivity index (χ0) is 21.5. The molecule has 3 heterocycles. The van der Waals surface area contributed by atoms with Gasteiger partial charge >= 0.3 is 0 Å². The van der Waals surface area contributed by atoms with Gasteiger partial charge in [0.15, 0.2) is 14.9 Å². The maximum absolute atomic E-state index is 14.3. The van der Waals surface area contributed by atoms with Gasteiger partial charge < -0.3 is 5.73 Å². The minimum Gasteiger partial charge on any atom is -0.322 e. The number of nitrogens with two attached hydrogens (primary N) is 1. The van der Waals surface area contributed by atoms with Crippen molar-refractivity contribution in [3.8, 4) is 5.69 Å². The predicted molar refractivity (Wildman–Crippen MR) is 115 cm³/mol. The van der Waals surface area contributed by atoms with Gasteiger partial charge in [0.2, 0.25) is 0 Å². The van der Waals surface area contributed by atoms with Crippen molar-refractivity contribution in [2.45, 2.75) is 17.5 Å². The lowest BCUT2D eigenvalue weighted by Gasteiger charge is -2.16. The minimum absolute atomic E-state index is 0.0239. The van der Waals surface area contributed by atoms with Gasteiger partial charge in [-0.15, -0.1) is 0 Å². The standard InChI is InChI=1S/C20H17BrFN5O2S/c1-30(28,29)19-7-5-14(22)16(26-19)10-15(23)20-18(3-2-8-24-20)27-17-6-4-13(21)9-12(17)11-25-27/h2-9,11,15H,10,23H2,1H3/t15-/m0/s1. The summed E-state index contributed by atoms with van der Waals surface area (Å²) < 4.78 is 40.5. The summed E-state index contributed by atoms with van der Waals surface area (Å²) in [6.07, 6.45) is 4.33. The lowest BCUT2D eigenvalue weighted by molar-refractivity contribution is 0.563. The van der Waals surface area contributed by atoms with E-state index < -0.39 is 21.7 Å². The summed E-state index contributed by atoms with van der Waals surface area (Å²) in [7, 11) is -3.57. The van der Waals surface area contributed by atoms with Gasteiger partial charge in [-0.1, -0.05) is 15.9 Å². The van der Waals surface area contributed by atoms with E-state index in [1.165, 1.54) is 0 Å². The van der Waals surface area contributed by atoms with Crippen LogP contribution < -0.4 is 5.73 Å². The molecule has 0 saturated carbocycles. The quantitative estimate of drug-likeness (QED) is 0.460. The molecule has 0 saturated heterocycles. The number of hydrogen-bond donors (Lipinski definition) is 1. The number of halogens is 2. The average molecular weight is 490 g/mol. The first-order valence-electron chi connectivity index (χ1n) is 8.93. The second kappa shape index (κ2) is 7.86. The summed E-state index contributed by atoms with van der Waals surface area (Å²) >= 11 is 3.44. The highest BCUT2D eigenvalue weighted by molar-refractivity contribution is 9.10. The second-order valence-electron chi connectivity index (χ2n) is 6.83. The Bertz CT molecular complexity index is 1360. The smallest absolute Gasteiger partial charge is 0.192 e. The van der Waals surface area contributed by atoms with Gasteiger partial charge in [-0.05, 0) is 42.5 Å². The molecule has 0 aliphatic rings. The molecular weight excluding hydrogens is 473 g/mol. The fourth-order valence-electron chi connectivity index (χ4n) is 3.19. The highest BCUT2D eigenvalue weighted by Gasteiger charge is 2.20. The monoisotopic (exact) mass is 489 g/mol. The Kier molecular flexibility index (Phi) is 5.39. The van der Waals surface area contributed by atoms with E-state index in [0.29, 0.717) is 11.4 Å². The van der Waals surface area contributed by atoms with Gasteiger partial charge in [0, 0.05) is 28.7 Å². The number of aromatic nitrogens is 4. The summed E-state index contributed by atoms with van der Waals surface area (Å²) in [5, 5.41) is 5.19. The Hall–Kier alpha value is -2.69. The lowest BCUT2D eigenvalue weighted by Crippen LogP contribution is -2.20. The molecule has 0 aliphatic heterocycles. The zero-order valence-electron chi connectivity index (χ0n) is 15.8. The minimum atomic E-state index is -3.57. The second-order valence-corrected chi connectivity index (χ2v) is 9.71. The maximum Gasteiger partial charge on any atom is 0.192 e. The van der Waals surface area contributed by atoms with Gasteiger partial charge in [-0.3, -0.25) is 4.98 Å². The van der Waals surface area contributed by atoms with E-state index >= 15 is 0 Å². The predicted octanol–water partition coefficient (Wildman–Crippen LogP) is 3.36. The fourth-order valence-corrected chi connectivity index (χ4v) is 4.16. The molecule has 0 radical (unpaired) electrons. The molecule has 7 nitrogen and oxygen atoms in total. The molecule has 3 aromatic heterocycles. The van der Waals surface area contributed by atoms with E-state index in [4.69, 9.17) is 5.73 Å². The molecule has 0 aliphatic carbocycles. The van der Waals surface area contributed by atoms with Crippen molar-refractivity contribution in [3.63, 3.8) is 0 Å². The molecule has 0 bridgehead atoms. The number of hydrogen-bond acceptors (Lipinski definition) is 6.